The molecule has 1 aliphatic carbocycles. The number of aromatic amines is 1. The van der Waals surface area contributed by atoms with E-state index >= 15 is 0 Å². The lowest BCUT2D eigenvalue weighted by Gasteiger charge is -2.21. The van der Waals surface area contributed by atoms with Crippen LogP contribution in [0.5, 0.6) is 5.75 Å². The molecule has 2 aromatic rings. The van der Waals surface area contributed by atoms with E-state index in [0.29, 0.717) is 5.69 Å². The predicted molar refractivity (Wildman–Crippen MR) is 91.2 cm³/mol. The maximum Gasteiger partial charge on any atom is 0.269 e. The number of hydrogen-bond donors (Lipinski definition) is 3. The second-order valence-electron chi connectivity index (χ2n) is 6.42. The topological polar surface area (TPSA) is 87.2 Å². The van der Waals surface area contributed by atoms with E-state index in [2.05, 4.69) is 15.5 Å². The quantitative estimate of drug-likeness (QED) is 0.782. The van der Waals surface area contributed by atoms with E-state index in [1.54, 1.807) is 7.11 Å². The molecule has 128 valence electrons. The van der Waals surface area contributed by atoms with Crippen LogP contribution in [0, 0.1) is 5.92 Å². The molecule has 3 N–H and O–H groups in total. The second-order valence-corrected chi connectivity index (χ2v) is 6.42. The number of fused-ring (bicyclic) bond motifs is 3. The minimum atomic E-state index is -0.271. The molecule has 1 aliphatic rings. The van der Waals surface area contributed by atoms with Gasteiger partial charge in [0.15, 0.2) is 0 Å². The van der Waals surface area contributed by atoms with Crippen molar-refractivity contribution in [1.82, 2.24) is 15.5 Å². The third kappa shape index (κ3) is 2.78. The number of carbonyl (C=O) groups is 1. The summed E-state index contributed by atoms with van der Waals surface area (Å²) < 4.78 is 5.43. The van der Waals surface area contributed by atoms with Crippen LogP contribution < -0.4 is 10.1 Å². The molecule has 24 heavy (non-hydrogen) atoms. The van der Waals surface area contributed by atoms with Gasteiger partial charge in [-0.05, 0) is 24.8 Å². The monoisotopic (exact) mass is 329 g/mol. The lowest BCUT2D eigenvalue weighted by Crippen LogP contribution is -2.41. The van der Waals surface area contributed by atoms with Gasteiger partial charge < -0.3 is 15.2 Å². The summed E-state index contributed by atoms with van der Waals surface area (Å²) >= 11 is 0. The summed E-state index contributed by atoms with van der Waals surface area (Å²) in [6, 6.07) is 5.61. The largest absolute Gasteiger partial charge is 0.496 e. The number of rotatable bonds is 5. The number of aromatic nitrogens is 2. The van der Waals surface area contributed by atoms with E-state index in [0.717, 1.165) is 41.0 Å². The van der Waals surface area contributed by atoms with Crippen molar-refractivity contribution < 1.29 is 14.6 Å². The molecule has 6 nitrogen and oxygen atoms in total. The Morgan fingerprint density at radius 3 is 2.79 bits per heavy atom. The van der Waals surface area contributed by atoms with Crippen molar-refractivity contribution in [3.8, 4) is 17.0 Å². The molecular weight excluding hydrogens is 306 g/mol. The summed E-state index contributed by atoms with van der Waals surface area (Å²) in [6.07, 6.45) is 1.53. The molecule has 0 saturated heterocycles. The normalized spacial score (nSPS) is 14.0. The highest BCUT2D eigenvalue weighted by Gasteiger charge is 2.28. The number of nitrogens with one attached hydrogen (secondary N) is 2. The maximum atomic E-state index is 12.6. The van der Waals surface area contributed by atoms with Gasteiger partial charge in [-0.15, -0.1) is 0 Å². The fourth-order valence-electron chi connectivity index (χ4n) is 3.17. The molecule has 0 saturated carbocycles. The Labute approximate surface area is 141 Å². The highest BCUT2D eigenvalue weighted by atomic mass is 16.5. The number of benzene rings is 1. The van der Waals surface area contributed by atoms with E-state index in [4.69, 9.17) is 4.74 Å². The van der Waals surface area contributed by atoms with Crippen molar-refractivity contribution in [3.05, 3.63) is 35.0 Å². The first-order valence-corrected chi connectivity index (χ1v) is 8.22. The number of amides is 1. The third-order valence-corrected chi connectivity index (χ3v) is 4.65. The van der Waals surface area contributed by atoms with Crippen molar-refractivity contribution in [2.75, 3.05) is 13.7 Å². The maximum absolute atomic E-state index is 12.6. The van der Waals surface area contributed by atoms with E-state index in [1.165, 1.54) is 0 Å². The number of hydrogen-bond acceptors (Lipinski definition) is 4. The molecule has 1 amide bonds. The third-order valence-electron chi connectivity index (χ3n) is 4.65. The second kappa shape index (κ2) is 6.65. The molecule has 0 bridgehead atoms. The highest BCUT2D eigenvalue weighted by molar-refractivity contribution is 5.96. The minimum Gasteiger partial charge on any atom is -0.496 e. The zero-order valence-corrected chi connectivity index (χ0v) is 14.2. The van der Waals surface area contributed by atoms with Crippen LogP contribution in [0.25, 0.3) is 11.3 Å². The van der Waals surface area contributed by atoms with Gasteiger partial charge in [0.05, 0.1) is 25.5 Å². The van der Waals surface area contributed by atoms with Crippen molar-refractivity contribution in [3.63, 3.8) is 0 Å². The Morgan fingerprint density at radius 1 is 1.38 bits per heavy atom. The SMILES string of the molecule is COc1cccc2c1CCc1c-2n[nH]c1C(=O)N[C@H](CO)C(C)C. The lowest BCUT2D eigenvalue weighted by molar-refractivity contribution is 0.0891. The summed E-state index contributed by atoms with van der Waals surface area (Å²) in [5, 5.41) is 19.5. The van der Waals surface area contributed by atoms with Crippen LogP contribution in [0.3, 0.4) is 0 Å². The summed E-state index contributed by atoms with van der Waals surface area (Å²) in [5.41, 5.74) is 4.35. The molecule has 0 fully saturated rings. The summed E-state index contributed by atoms with van der Waals surface area (Å²) in [5.74, 6) is 0.790. The fourth-order valence-corrected chi connectivity index (χ4v) is 3.17. The Hall–Kier alpha value is -2.34. The molecule has 6 heteroatoms. The van der Waals surface area contributed by atoms with Crippen molar-refractivity contribution >= 4 is 5.91 Å². The number of carbonyl (C=O) groups excluding carboxylic acids is 1. The van der Waals surface area contributed by atoms with Gasteiger partial charge in [0, 0.05) is 16.7 Å². The zero-order chi connectivity index (χ0) is 17.3. The first kappa shape index (κ1) is 16.5. The van der Waals surface area contributed by atoms with Gasteiger partial charge in [-0.2, -0.15) is 5.10 Å². The van der Waals surface area contributed by atoms with Crippen molar-refractivity contribution in [2.24, 2.45) is 5.92 Å². The molecule has 0 spiro atoms. The van der Waals surface area contributed by atoms with Crippen molar-refractivity contribution in [2.45, 2.75) is 32.7 Å². The van der Waals surface area contributed by atoms with Crippen LogP contribution >= 0.6 is 0 Å². The average Bonchev–Trinajstić information content (AvgIpc) is 3.03. The lowest BCUT2D eigenvalue weighted by atomic mass is 9.88. The van der Waals surface area contributed by atoms with Gasteiger partial charge in [0.25, 0.3) is 5.91 Å². The molecule has 1 aromatic heterocycles. The molecule has 3 rings (SSSR count). The summed E-state index contributed by atoms with van der Waals surface area (Å²) in [4.78, 5) is 12.6. The number of methoxy groups -OCH3 is 1. The Bertz CT molecular complexity index is 752. The Kier molecular flexibility index (Phi) is 4.57. The van der Waals surface area contributed by atoms with Crippen molar-refractivity contribution in [1.29, 1.82) is 0 Å². The van der Waals surface area contributed by atoms with Crippen LogP contribution in [-0.2, 0) is 12.8 Å². The van der Waals surface area contributed by atoms with Crippen LogP contribution in [0.2, 0.25) is 0 Å². The molecule has 1 heterocycles. The number of ether oxygens (including phenoxy) is 1. The Balaban J connectivity index is 1.93. The molecule has 1 atom stereocenters. The predicted octanol–water partition coefficient (Wildman–Crippen LogP) is 1.93. The molecular formula is C18H23N3O3. The fraction of sp³-hybridized carbons (Fsp3) is 0.444. The van der Waals surface area contributed by atoms with E-state index < -0.39 is 0 Å². The van der Waals surface area contributed by atoms with E-state index in [-0.39, 0.29) is 24.5 Å². The first-order valence-electron chi connectivity index (χ1n) is 8.22. The first-order chi connectivity index (χ1) is 11.6. The smallest absolute Gasteiger partial charge is 0.269 e. The van der Waals surface area contributed by atoms with Crippen LogP contribution in [0.4, 0.5) is 0 Å². The zero-order valence-electron chi connectivity index (χ0n) is 14.2. The van der Waals surface area contributed by atoms with Gasteiger partial charge in [-0.1, -0.05) is 26.0 Å². The Morgan fingerprint density at radius 2 is 2.12 bits per heavy atom. The van der Waals surface area contributed by atoms with E-state index in [9.17, 15) is 9.90 Å². The molecule has 0 unspecified atom stereocenters. The van der Waals surface area contributed by atoms with Gasteiger partial charge >= 0.3 is 0 Å². The average molecular weight is 329 g/mol. The summed E-state index contributed by atoms with van der Waals surface area (Å²) in [7, 11) is 1.66. The standard InChI is InChI=1S/C18H23N3O3/c1-10(2)14(9-22)19-18(23)17-13-8-7-11-12(16(13)20-21-17)5-4-6-15(11)24-3/h4-6,10,14,22H,7-9H2,1-3H3,(H,19,23)(H,20,21)/t14-/m1/s1. The number of nitrogens with zero attached hydrogens (tertiary/aromatic N) is 1. The minimum absolute atomic E-state index is 0.0836. The van der Waals surface area contributed by atoms with Gasteiger partial charge in [0.1, 0.15) is 11.4 Å². The van der Waals surface area contributed by atoms with Crippen LogP contribution in [0.1, 0.15) is 35.5 Å². The number of aliphatic hydroxyl groups is 1. The van der Waals surface area contributed by atoms with Crippen LogP contribution in [-0.4, -0.2) is 41.0 Å². The van der Waals surface area contributed by atoms with E-state index in [1.807, 2.05) is 32.0 Å². The molecule has 0 radical (unpaired) electrons. The van der Waals surface area contributed by atoms with Gasteiger partial charge in [-0.25, -0.2) is 0 Å². The summed E-state index contributed by atoms with van der Waals surface area (Å²) in [6.45, 7) is 3.85. The van der Waals surface area contributed by atoms with Gasteiger partial charge in [-0.3, -0.25) is 9.89 Å². The number of H-pyrrole nitrogens is 1. The highest BCUT2D eigenvalue weighted by Crippen LogP contribution is 2.37. The van der Waals surface area contributed by atoms with Gasteiger partial charge in [0.2, 0.25) is 0 Å². The number of aliphatic hydroxyl groups excluding tert-OH is 1. The molecule has 0 aliphatic heterocycles. The molecule has 1 aromatic carbocycles. The van der Waals surface area contributed by atoms with Crippen LogP contribution in [0.15, 0.2) is 18.2 Å².